The maximum absolute atomic E-state index is 12.8. The highest BCUT2D eigenvalue weighted by molar-refractivity contribution is 6.33. The van der Waals surface area contributed by atoms with Gasteiger partial charge in [0.25, 0.3) is 11.8 Å². The first-order valence-electron chi connectivity index (χ1n) is 7.30. The lowest BCUT2D eigenvalue weighted by Gasteiger charge is -2.15. The first-order valence-corrected chi connectivity index (χ1v) is 7.68. The van der Waals surface area contributed by atoms with Gasteiger partial charge in [0.1, 0.15) is 6.54 Å². The van der Waals surface area contributed by atoms with Gasteiger partial charge in [-0.3, -0.25) is 19.3 Å². The number of nitrogens with one attached hydrogen (secondary N) is 1. The van der Waals surface area contributed by atoms with Crippen LogP contribution >= 0.6 is 11.6 Å². The third-order valence-electron chi connectivity index (χ3n) is 3.75. The zero-order valence-electron chi connectivity index (χ0n) is 12.9. The number of alkyl halides is 3. The minimum atomic E-state index is -4.60. The molecule has 0 bridgehead atoms. The van der Waals surface area contributed by atoms with Crippen molar-refractivity contribution in [3.05, 3.63) is 64.2 Å². The number of hydrogen-bond acceptors (Lipinski definition) is 3. The Balaban J connectivity index is 1.77. The molecular weight excluding hydrogens is 373 g/mol. The van der Waals surface area contributed by atoms with Gasteiger partial charge in [0, 0.05) is 0 Å². The number of hydrogen-bond donors (Lipinski definition) is 1. The van der Waals surface area contributed by atoms with Gasteiger partial charge in [-0.2, -0.15) is 13.2 Å². The molecule has 0 aliphatic carbocycles. The van der Waals surface area contributed by atoms with Crippen molar-refractivity contribution in [2.75, 3.05) is 11.9 Å². The fourth-order valence-electron chi connectivity index (χ4n) is 2.51. The quantitative estimate of drug-likeness (QED) is 0.825. The highest BCUT2D eigenvalue weighted by Crippen LogP contribution is 2.33. The van der Waals surface area contributed by atoms with Crippen LogP contribution in [0, 0.1) is 0 Å². The molecule has 1 aliphatic heterocycles. The van der Waals surface area contributed by atoms with E-state index in [2.05, 4.69) is 5.32 Å². The second-order valence-electron chi connectivity index (χ2n) is 5.48. The maximum Gasteiger partial charge on any atom is 0.416 e. The Hall–Kier alpha value is -2.87. The number of carbonyl (C=O) groups is 3. The van der Waals surface area contributed by atoms with Gasteiger partial charge in [-0.05, 0) is 30.3 Å². The SMILES string of the molecule is O=C(CN1C(=O)c2ccccc2C1=O)Nc1cc(C(F)(F)F)ccc1Cl. The van der Waals surface area contributed by atoms with Gasteiger partial charge in [0.15, 0.2) is 0 Å². The zero-order chi connectivity index (χ0) is 19.1. The monoisotopic (exact) mass is 382 g/mol. The molecule has 0 radical (unpaired) electrons. The molecule has 1 heterocycles. The molecule has 1 aliphatic rings. The van der Waals surface area contributed by atoms with Gasteiger partial charge >= 0.3 is 6.18 Å². The van der Waals surface area contributed by atoms with Gasteiger partial charge < -0.3 is 5.32 Å². The molecule has 0 unspecified atom stereocenters. The predicted octanol–water partition coefficient (Wildman–Crippen LogP) is 3.59. The summed E-state index contributed by atoms with van der Waals surface area (Å²) < 4.78 is 38.3. The number of benzene rings is 2. The van der Waals surface area contributed by atoms with E-state index in [0.717, 1.165) is 17.0 Å². The second-order valence-corrected chi connectivity index (χ2v) is 5.89. The molecule has 0 fully saturated rings. The number of amides is 3. The Bertz CT molecular complexity index is 893. The van der Waals surface area contributed by atoms with E-state index in [0.29, 0.717) is 6.07 Å². The van der Waals surface area contributed by atoms with E-state index >= 15 is 0 Å². The summed E-state index contributed by atoms with van der Waals surface area (Å²) in [4.78, 5) is 37.2. The first-order chi connectivity index (χ1) is 12.2. The van der Waals surface area contributed by atoms with Crippen molar-refractivity contribution in [3.63, 3.8) is 0 Å². The number of anilines is 1. The van der Waals surface area contributed by atoms with Crippen molar-refractivity contribution in [2.24, 2.45) is 0 Å². The van der Waals surface area contributed by atoms with E-state index in [1.54, 1.807) is 12.1 Å². The van der Waals surface area contributed by atoms with E-state index in [1.807, 2.05) is 0 Å². The van der Waals surface area contributed by atoms with Gasteiger partial charge in [-0.25, -0.2) is 0 Å². The van der Waals surface area contributed by atoms with E-state index in [-0.39, 0.29) is 21.8 Å². The fraction of sp³-hybridized carbons (Fsp3) is 0.118. The lowest BCUT2D eigenvalue weighted by Crippen LogP contribution is -2.37. The lowest BCUT2D eigenvalue weighted by molar-refractivity contribution is -0.137. The highest BCUT2D eigenvalue weighted by Gasteiger charge is 2.36. The minimum absolute atomic E-state index is 0.103. The zero-order valence-corrected chi connectivity index (χ0v) is 13.7. The molecule has 2 aromatic rings. The van der Waals surface area contributed by atoms with Crippen molar-refractivity contribution >= 4 is 35.0 Å². The van der Waals surface area contributed by atoms with Crippen LogP contribution in [0.2, 0.25) is 5.02 Å². The lowest BCUT2D eigenvalue weighted by atomic mass is 10.1. The van der Waals surface area contributed by atoms with Crippen LogP contribution in [0.25, 0.3) is 0 Å². The predicted molar refractivity (Wildman–Crippen MR) is 86.9 cm³/mol. The van der Waals surface area contributed by atoms with E-state index in [4.69, 9.17) is 11.6 Å². The van der Waals surface area contributed by atoms with Crippen LogP contribution in [0.4, 0.5) is 18.9 Å². The summed E-state index contributed by atoms with van der Waals surface area (Å²) in [5.74, 6) is -2.13. The van der Waals surface area contributed by atoms with E-state index in [9.17, 15) is 27.6 Å². The number of imide groups is 1. The molecule has 0 saturated carbocycles. The standard InChI is InChI=1S/C17H10ClF3N2O3/c18-12-6-5-9(17(19,20)21)7-13(12)22-14(24)8-23-15(25)10-3-1-2-4-11(10)16(23)26/h1-7H,8H2,(H,22,24). The van der Waals surface area contributed by atoms with Crippen LogP contribution in [-0.2, 0) is 11.0 Å². The summed E-state index contributed by atoms with van der Waals surface area (Å²) in [6.07, 6.45) is -4.60. The number of carbonyl (C=O) groups excluding carboxylic acids is 3. The molecule has 134 valence electrons. The third-order valence-corrected chi connectivity index (χ3v) is 4.08. The highest BCUT2D eigenvalue weighted by atomic mass is 35.5. The molecule has 0 atom stereocenters. The fourth-order valence-corrected chi connectivity index (χ4v) is 2.68. The third kappa shape index (κ3) is 3.28. The molecule has 2 aromatic carbocycles. The van der Waals surface area contributed by atoms with Crippen molar-refractivity contribution in [1.29, 1.82) is 0 Å². The molecular formula is C17H10ClF3N2O3. The molecule has 3 amide bonds. The molecule has 5 nitrogen and oxygen atoms in total. The van der Waals surface area contributed by atoms with E-state index < -0.39 is 36.0 Å². The Morgan fingerprint density at radius 1 is 1.04 bits per heavy atom. The van der Waals surface area contributed by atoms with Gasteiger partial charge in [0.05, 0.1) is 27.4 Å². The molecule has 0 spiro atoms. The molecule has 0 aromatic heterocycles. The Morgan fingerprint density at radius 3 is 2.15 bits per heavy atom. The summed E-state index contributed by atoms with van der Waals surface area (Å²) in [5.41, 5.74) is -0.911. The number of fused-ring (bicyclic) bond motifs is 1. The van der Waals surface area contributed by atoms with Crippen LogP contribution in [-0.4, -0.2) is 29.2 Å². The summed E-state index contributed by atoms with van der Waals surface area (Å²) in [7, 11) is 0. The molecule has 3 rings (SSSR count). The Labute approximate surface area is 150 Å². The average Bonchev–Trinajstić information content (AvgIpc) is 2.81. The van der Waals surface area contributed by atoms with E-state index in [1.165, 1.54) is 12.1 Å². The van der Waals surface area contributed by atoms with Crippen LogP contribution in [0.3, 0.4) is 0 Å². The van der Waals surface area contributed by atoms with Crippen LogP contribution < -0.4 is 5.32 Å². The van der Waals surface area contributed by atoms with Crippen molar-refractivity contribution < 1.29 is 27.6 Å². The van der Waals surface area contributed by atoms with Gasteiger partial charge in [-0.1, -0.05) is 23.7 Å². The van der Waals surface area contributed by atoms with Crippen LogP contribution in [0.1, 0.15) is 26.3 Å². The number of nitrogens with zero attached hydrogens (tertiary/aromatic N) is 1. The Morgan fingerprint density at radius 2 is 1.62 bits per heavy atom. The molecule has 9 heteroatoms. The summed E-state index contributed by atoms with van der Waals surface area (Å²) in [5, 5.41) is 2.10. The second kappa shape index (κ2) is 6.45. The van der Waals surface area contributed by atoms with Gasteiger partial charge in [-0.15, -0.1) is 0 Å². The molecule has 1 N–H and O–H groups in total. The number of halogens is 4. The smallest absolute Gasteiger partial charge is 0.323 e. The number of rotatable bonds is 3. The summed E-state index contributed by atoms with van der Waals surface area (Å²) >= 11 is 5.81. The van der Waals surface area contributed by atoms with Crippen molar-refractivity contribution in [2.45, 2.75) is 6.18 Å². The minimum Gasteiger partial charge on any atom is -0.323 e. The van der Waals surface area contributed by atoms with Crippen molar-refractivity contribution in [1.82, 2.24) is 4.90 Å². The largest absolute Gasteiger partial charge is 0.416 e. The normalized spacial score (nSPS) is 13.8. The average molecular weight is 383 g/mol. The van der Waals surface area contributed by atoms with Crippen molar-refractivity contribution in [3.8, 4) is 0 Å². The van der Waals surface area contributed by atoms with Gasteiger partial charge in [0.2, 0.25) is 5.91 Å². The topological polar surface area (TPSA) is 66.5 Å². The summed E-state index contributed by atoms with van der Waals surface area (Å²) in [6, 6.07) is 8.53. The first kappa shape index (κ1) is 17.9. The van der Waals surface area contributed by atoms with Crippen LogP contribution in [0.15, 0.2) is 42.5 Å². The van der Waals surface area contributed by atoms with Crippen LogP contribution in [0.5, 0.6) is 0 Å². The summed E-state index contributed by atoms with van der Waals surface area (Å²) in [6.45, 7) is -0.640. The Kier molecular flexibility index (Phi) is 4.45. The maximum atomic E-state index is 12.8. The molecule has 26 heavy (non-hydrogen) atoms. The molecule has 0 saturated heterocycles.